The molecule has 282 valence electrons. The second-order valence-electron chi connectivity index (χ2n) is 14.0. The second kappa shape index (κ2) is 13.1. The number of imide groups is 2. The Bertz CT molecular complexity index is 2320. The minimum Gasteiger partial charge on any atom is -0.504 e. The number of para-hydroxylation sites is 1. The van der Waals surface area contributed by atoms with Crippen molar-refractivity contribution in [2.75, 3.05) is 24.1 Å². The summed E-state index contributed by atoms with van der Waals surface area (Å²) in [5.41, 5.74) is -1.37. The maximum absolute atomic E-state index is 15.4. The Morgan fingerprint density at radius 1 is 0.909 bits per heavy atom. The maximum atomic E-state index is 15.4. The van der Waals surface area contributed by atoms with Crippen LogP contribution in [0.4, 0.5) is 24.7 Å². The number of halogens is 5. The van der Waals surface area contributed by atoms with Crippen molar-refractivity contribution in [2.24, 2.45) is 23.7 Å². The fraction of sp³-hybridized carbons (Fsp3) is 0.275. The summed E-state index contributed by atoms with van der Waals surface area (Å²) in [6.45, 7) is 0. The molecule has 2 aliphatic heterocycles. The molecule has 8 rings (SSSR count). The van der Waals surface area contributed by atoms with Crippen molar-refractivity contribution >= 4 is 58.3 Å². The zero-order chi connectivity index (χ0) is 39.1. The number of ether oxygens (including phenoxy) is 1. The van der Waals surface area contributed by atoms with Crippen molar-refractivity contribution in [2.45, 2.75) is 30.4 Å². The van der Waals surface area contributed by atoms with Gasteiger partial charge in [-0.05, 0) is 60.7 Å². The van der Waals surface area contributed by atoms with Crippen molar-refractivity contribution in [1.29, 1.82) is 0 Å². The Hall–Kier alpha value is -5.40. The SMILES string of the molecule is COc1cccc([C@H]2C3=CC[C@@H]4C(=O)N(N(C)c5nc(C(F)(F)F)ccc5Cl)C(=O)[C@@H]4[C@@H]3C[C@H]3C(=O)N(c4cccc(Cl)c4)C(=O)[C@@]23c2ccccc2)c1O. The number of allylic oxidation sites excluding steroid dienone is 2. The molecule has 4 aliphatic rings. The number of benzene rings is 3. The van der Waals surface area contributed by atoms with Gasteiger partial charge in [0.2, 0.25) is 11.8 Å². The molecule has 3 heterocycles. The van der Waals surface area contributed by atoms with Gasteiger partial charge in [0, 0.05) is 23.6 Å². The highest BCUT2D eigenvalue weighted by Crippen LogP contribution is 2.65. The average molecular weight is 792 g/mol. The summed E-state index contributed by atoms with van der Waals surface area (Å²) >= 11 is 12.7. The number of anilines is 2. The number of pyridine rings is 1. The summed E-state index contributed by atoms with van der Waals surface area (Å²) in [7, 11) is 2.61. The highest BCUT2D eigenvalue weighted by atomic mass is 35.5. The number of alkyl halides is 3. The van der Waals surface area contributed by atoms with Gasteiger partial charge in [0.1, 0.15) is 5.69 Å². The first-order valence-electron chi connectivity index (χ1n) is 17.3. The number of amides is 4. The minimum absolute atomic E-state index is 0.0199. The molecule has 10 nitrogen and oxygen atoms in total. The average Bonchev–Trinajstić information content (AvgIpc) is 3.55. The van der Waals surface area contributed by atoms with Gasteiger partial charge in [0.05, 0.1) is 41.0 Å². The molecular weight excluding hydrogens is 760 g/mol. The number of phenols is 1. The number of aromatic hydroxyl groups is 1. The Morgan fingerprint density at radius 2 is 1.64 bits per heavy atom. The summed E-state index contributed by atoms with van der Waals surface area (Å²) in [6, 6.07) is 21.7. The first kappa shape index (κ1) is 36.6. The van der Waals surface area contributed by atoms with Crippen LogP contribution in [0.15, 0.2) is 96.6 Å². The molecule has 6 atom stereocenters. The Kier molecular flexibility index (Phi) is 8.73. The fourth-order valence-electron chi connectivity index (χ4n) is 9.22. The maximum Gasteiger partial charge on any atom is 0.433 e. The first-order valence-corrected chi connectivity index (χ1v) is 18.1. The number of carbonyl (C=O) groups excluding carboxylic acids is 4. The molecule has 1 saturated carbocycles. The Morgan fingerprint density at radius 3 is 2.33 bits per heavy atom. The predicted molar refractivity (Wildman–Crippen MR) is 195 cm³/mol. The molecule has 4 amide bonds. The van der Waals surface area contributed by atoms with E-state index in [0.717, 1.165) is 21.0 Å². The zero-order valence-corrected chi connectivity index (χ0v) is 30.6. The van der Waals surface area contributed by atoms with Gasteiger partial charge in [-0.15, -0.1) is 0 Å². The first-order chi connectivity index (χ1) is 26.2. The number of hydrazine groups is 1. The van der Waals surface area contributed by atoms with Gasteiger partial charge in [-0.25, -0.2) is 9.88 Å². The van der Waals surface area contributed by atoms with Crippen LogP contribution in [0.5, 0.6) is 11.5 Å². The van der Waals surface area contributed by atoms with Gasteiger partial charge >= 0.3 is 6.18 Å². The number of phenolic OH excluding ortho intramolecular Hbond substituents is 1. The lowest BCUT2D eigenvalue weighted by molar-refractivity contribution is -0.141. The highest BCUT2D eigenvalue weighted by molar-refractivity contribution is 6.33. The van der Waals surface area contributed by atoms with Crippen molar-refractivity contribution in [3.8, 4) is 11.5 Å². The smallest absolute Gasteiger partial charge is 0.433 e. The zero-order valence-electron chi connectivity index (χ0n) is 29.1. The molecule has 2 aliphatic carbocycles. The number of aromatic nitrogens is 1. The number of methoxy groups -OCH3 is 1. The normalized spacial score (nSPS) is 26.1. The van der Waals surface area contributed by atoms with Crippen LogP contribution in [0.1, 0.15) is 35.6 Å². The third kappa shape index (κ3) is 5.34. The number of hydrogen-bond donors (Lipinski definition) is 1. The van der Waals surface area contributed by atoms with Crippen LogP contribution in [0.25, 0.3) is 0 Å². The monoisotopic (exact) mass is 790 g/mol. The quantitative estimate of drug-likeness (QED) is 0.159. The molecule has 55 heavy (non-hydrogen) atoms. The number of rotatable bonds is 6. The van der Waals surface area contributed by atoms with Gasteiger partial charge in [-0.3, -0.25) is 24.2 Å². The van der Waals surface area contributed by atoms with E-state index in [0.29, 0.717) is 17.2 Å². The molecule has 3 fully saturated rings. The van der Waals surface area contributed by atoms with E-state index < -0.39 is 76.3 Å². The van der Waals surface area contributed by atoms with Crippen molar-refractivity contribution in [1.82, 2.24) is 9.99 Å². The van der Waals surface area contributed by atoms with Gasteiger partial charge in [0.25, 0.3) is 11.8 Å². The molecule has 4 aromatic rings. The van der Waals surface area contributed by atoms with Gasteiger partial charge in [-0.2, -0.15) is 18.2 Å². The standard InChI is InChI=1S/C40H31Cl2F3N4O6/c1-47(34-28(42)16-17-30(46-34)40(43,44)45)49-35(51)24-15-14-23-26(31(24)37(49)53)19-27-36(52)48(22-11-6-10-21(41)18-22)38(54)39(27,20-8-4-3-5-9-20)32(23)25-12-7-13-29(55-2)33(25)50/h3-14,16-18,24,26-27,31-32,50H,15,19H2,1-2H3/t24-,26+,27-,31-,32+,39+/m0/s1. The number of carbonyl (C=O) groups is 4. The van der Waals surface area contributed by atoms with E-state index in [2.05, 4.69) is 4.98 Å². The van der Waals surface area contributed by atoms with Crippen LogP contribution in [0.3, 0.4) is 0 Å². The third-order valence-corrected chi connectivity index (χ3v) is 12.0. The molecule has 1 N–H and O–H groups in total. The third-order valence-electron chi connectivity index (χ3n) is 11.4. The minimum atomic E-state index is -4.83. The number of hydrogen-bond acceptors (Lipinski definition) is 8. The van der Waals surface area contributed by atoms with E-state index in [4.69, 9.17) is 27.9 Å². The van der Waals surface area contributed by atoms with Crippen LogP contribution >= 0.6 is 23.2 Å². The summed E-state index contributed by atoms with van der Waals surface area (Å²) in [6.07, 6.45) is -3.07. The molecule has 0 unspecified atom stereocenters. The number of nitrogens with zero attached hydrogens (tertiary/aromatic N) is 4. The molecule has 0 bridgehead atoms. The van der Waals surface area contributed by atoms with Crippen molar-refractivity contribution in [3.05, 3.63) is 123 Å². The van der Waals surface area contributed by atoms with Crippen LogP contribution in [-0.4, -0.2) is 52.9 Å². The lowest BCUT2D eigenvalue weighted by Gasteiger charge is -2.50. The molecule has 2 saturated heterocycles. The largest absolute Gasteiger partial charge is 0.504 e. The molecule has 15 heteroatoms. The van der Waals surface area contributed by atoms with E-state index in [1.54, 1.807) is 72.8 Å². The van der Waals surface area contributed by atoms with Gasteiger partial charge < -0.3 is 9.84 Å². The summed E-state index contributed by atoms with van der Waals surface area (Å²) in [5.74, 6) is -8.20. The highest BCUT2D eigenvalue weighted by Gasteiger charge is 2.70. The molecule has 0 radical (unpaired) electrons. The summed E-state index contributed by atoms with van der Waals surface area (Å²) in [4.78, 5) is 63.8. The Labute approximate surface area is 322 Å². The summed E-state index contributed by atoms with van der Waals surface area (Å²) < 4.78 is 46.5. The van der Waals surface area contributed by atoms with E-state index in [1.165, 1.54) is 20.2 Å². The van der Waals surface area contributed by atoms with Crippen LogP contribution < -0.4 is 14.6 Å². The lowest BCUT2D eigenvalue weighted by atomic mass is 9.49. The Balaban J connectivity index is 1.31. The van der Waals surface area contributed by atoms with Crippen LogP contribution in [-0.2, 0) is 30.8 Å². The lowest BCUT2D eigenvalue weighted by Crippen LogP contribution is -2.53. The van der Waals surface area contributed by atoms with Crippen molar-refractivity contribution < 1.29 is 42.2 Å². The fourth-order valence-corrected chi connectivity index (χ4v) is 9.63. The van der Waals surface area contributed by atoms with Gasteiger partial charge in [-0.1, -0.05) is 83.4 Å². The molecule has 1 aromatic heterocycles. The van der Waals surface area contributed by atoms with Crippen molar-refractivity contribution in [3.63, 3.8) is 0 Å². The van der Waals surface area contributed by atoms with Crippen LogP contribution in [0, 0.1) is 23.7 Å². The molecule has 3 aromatic carbocycles. The molecular formula is C40H31Cl2F3N4O6. The van der Waals surface area contributed by atoms with E-state index in [1.807, 2.05) is 0 Å². The topological polar surface area (TPSA) is 120 Å². The predicted octanol–water partition coefficient (Wildman–Crippen LogP) is 7.34. The van der Waals surface area contributed by atoms with E-state index in [9.17, 15) is 32.7 Å². The van der Waals surface area contributed by atoms with E-state index >= 15 is 4.79 Å². The van der Waals surface area contributed by atoms with E-state index in [-0.39, 0.29) is 45.6 Å². The summed E-state index contributed by atoms with van der Waals surface area (Å²) in [5, 5.41) is 13.5. The molecule has 0 spiro atoms. The van der Waals surface area contributed by atoms with Gasteiger partial charge in [0.15, 0.2) is 17.3 Å². The van der Waals surface area contributed by atoms with Crippen LogP contribution in [0.2, 0.25) is 10.0 Å². The number of fused-ring (bicyclic) bond motifs is 4. The second-order valence-corrected chi connectivity index (χ2v) is 14.8.